The number of allylic oxidation sites excluding steroid dienone is 1. The molecule has 0 aromatic heterocycles. The van der Waals surface area contributed by atoms with E-state index in [1.54, 1.807) is 11.6 Å². The van der Waals surface area contributed by atoms with Crippen LogP contribution in [0, 0.1) is 6.92 Å². The number of carbonyl (C=O) groups is 2. The number of sulfonamides is 1. The maximum absolute atomic E-state index is 14.4. The summed E-state index contributed by atoms with van der Waals surface area (Å²) in [7, 11) is -3.00. The zero-order valence-corrected chi connectivity index (χ0v) is 22.0. The van der Waals surface area contributed by atoms with Crippen LogP contribution in [0.4, 0.5) is 18.9 Å². The summed E-state index contributed by atoms with van der Waals surface area (Å²) in [6, 6.07) is 6.22. The van der Waals surface area contributed by atoms with Gasteiger partial charge in [-0.2, -0.15) is 17.9 Å². The number of fused-ring (bicyclic) bond motifs is 1. The van der Waals surface area contributed by atoms with Gasteiger partial charge >= 0.3 is 18.1 Å². The van der Waals surface area contributed by atoms with Crippen molar-refractivity contribution in [3.8, 4) is 0 Å². The Labute approximate surface area is 223 Å². The lowest BCUT2D eigenvalue weighted by Gasteiger charge is -2.36. The largest absolute Gasteiger partial charge is 0.480 e. The number of benzene rings is 2. The molecule has 2 atom stereocenters. The highest BCUT2D eigenvalue weighted by atomic mass is 32.2. The molecule has 2 aromatic rings. The number of carboxylic acids is 1. The number of carbonyl (C=O) groups excluding carboxylic acids is 1. The van der Waals surface area contributed by atoms with Crippen molar-refractivity contribution in [2.75, 3.05) is 18.6 Å². The summed E-state index contributed by atoms with van der Waals surface area (Å²) in [5.74, 6) is -2.72. The molecule has 3 rings (SSSR count). The molecule has 39 heavy (non-hydrogen) atoms. The van der Waals surface area contributed by atoms with Crippen molar-refractivity contribution < 1.29 is 46.1 Å². The van der Waals surface area contributed by atoms with Gasteiger partial charge < -0.3 is 20.3 Å². The number of carboxylic acid groups (broad SMARTS) is 1. The van der Waals surface area contributed by atoms with Crippen molar-refractivity contribution in [1.82, 2.24) is 4.72 Å². The minimum atomic E-state index is -5.28. The zero-order chi connectivity index (χ0) is 29.3. The molecular formula is C26H27F3N2O7S. The summed E-state index contributed by atoms with van der Waals surface area (Å²) in [5.41, 5.74) is -3.16. The molecule has 210 valence electrons. The first-order valence-corrected chi connectivity index (χ1v) is 13.4. The second kappa shape index (κ2) is 10.8. The molecule has 0 saturated carbocycles. The predicted molar refractivity (Wildman–Crippen MR) is 138 cm³/mol. The van der Waals surface area contributed by atoms with Crippen LogP contribution < -0.4 is 10.0 Å². The monoisotopic (exact) mass is 568 g/mol. The van der Waals surface area contributed by atoms with Crippen molar-refractivity contribution in [3.05, 3.63) is 81.9 Å². The Morgan fingerprint density at radius 2 is 1.87 bits per heavy atom. The Hall–Kier alpha value is -3.68. The molecule has 0 spiro atoms. The smallest absolute Gasteiger partial charge is 0.414 e. The van der Waals surface area contributed by atoms with Gasteiger partial charge in [-0.3, -0.25) is 0 Å². The number of aliphatic hydroxyl groups excluding tert-OH is 1. The Kier molecular flexibility index (Phi) is 8.29. The minimum absolute atomic E-state index is 0.0203. The van der Waals surface area contributed by atoms with Gasteiger partial charge in [-0.15, -0.1) is 0 Å². The van der Waals surface area contributed by atoms with Gasteiger partial charge in [0, 0.05) is 12.6 Å². The molecule has 0 aliphatic carbocycles. The molecule has 1 aliphatic heterocycles. The highest BCUT2D eigenvalue weighted by Gasteiger charge is 2.55. The van der Waals surface area contributed by atoms with Gasteiger partial charge in [0.2, 0.25) is 10.0 Å². The van der Waals surface area contributed by atoms with E-state index in [4.69, 9.17) is 4.74 Å². The summed E-state index contributed by atoms with van der Waals surface area (Å²) >= 11 is 0. The summed E-state index contributed by atoms with van der Waals surface area (Å²) in [5, 5.41) is 24.0. The second-order valence-corrected chi connectivity index (χ2v) is 10.6. The Balaban J connectivity index is 2.29. The number of nitrogens with one attached hydrogen (secondary N) is 2. The van der Waals surface area contributed by atoms with Gasteiger partial charge in [0.15, 0.2) is 5.54 Å². The Morgan fingerprint density at radius 1 is 1.26 bits per heavy atom. The fourth-order valence-corrected chi connectivity index (χ4v) is 5.67. The van der Waals surface area contributed by atoms with Crippen LogP contribution in [-0.4, -0.2) is 56.2 Å². The number of aliphatic carboxylic acids is 1. The zero-order valence-electron chi connectivity index (χ0n) is 21.2. The fraction of sp³-hybridized carbons (Fsp3) is 0.308. The van der Waals surface area contributed by atoms with Crippen molar-refractivity contribution in [2.45, 2.75) is 37.8 Å². The fourth-order valence-electron chi connectivity index (χ4n) is 4.77. The van der Waals surface area contributed by atoms with Crippen LogP contribution in [-0.2, 0) is 38.1 Å². The summed E-state index contributed by atoms with van der Waals surface area (Å²) in [4.78, 5) is 24.9. The first-order chi connectivity index (χ1) is 18.1. The highest BCUT2D eigenvalue weighted by molar-refractivity contribution is 7.88. The first kappa shape index (κ1) is 29.9. The van der Waals surface area contributed by atoms with Crippen molar-refractivity contribution >= 4 is 33.7 Å². The molecular weight excluding hydrogens is 541 g/mol. The molecule has 4 N–H and O–H groups in total. The molecule has 2 aromatic carbocycles. The van der Waals surface area contributed by atoms with Crippen molar-refractivity contribution in [1.29, 1.82) is 0 Å². The van der Waals surface area contributed by atoms with Crippen LogP contribution in [0.25, 0.3) is 6.08 Å². The third-order valence-corrected chi connectivity index (χ3v) is 7.20. The van der Waals surface area contributed by atoms with Crippen LogP contribution >= 0.6 is 0 Å². The number of hydrogen-bond donors (Lipinski definition) is 4. The number of alkyl halides is 3. The SMILES string of the molecule is C=Cc1c(C)c2c(c(NC)c1C/C=C(\C(O)C(NS(C)(=O)=O)(C(=O)O)c1ccccc1)C(F)(F)F)C(=O)OC2. The molecule has 13 heteroatoms. The molecule has 0 radical (unpaired) electrons. The molecule has 2 unspecified atom stereocenters. The molecule has 0 amide bonds. The van der Waals surface area contributed by atoms with E-state index in [1.165, 1.54) is 31.3 Å². The standard InChI is InChI=1S/C26H27F3N2O7S/c1-5-16-14(2)18-13-38-23(33)20(18)21(30-3)17(16)11-12-19(26(27,28)29)22(32)25(24(34)35,31-39(4,36)37)15-9-7-6-8-10-15/h5-10,12,22,30-32H,1,11,13H2,2-4H3,(H,34,35)/b19-12+. The normalized spacial score (nSPS) is 16.2. The van der Waals surface area contributed by atoms with E-state index in [-0.39, 0.29) is 23.4 Å². The lowest BCUT2D eigenvalue weighted by Crippen LogP contribution is -2.60. The number of esters is 1. The Morgan fingerprint density at radius 3 is 2.36 bits per heavy atom. The van der Waals surface area contributed by atoms with Gasteiger partial charge in [-0.1, -0.05) is 49.1 Å². The number of hydrogen-bond acceptors (Lipinski definition) is 7. The van der Waals surface area contributed by atoms with Gasteiger partial charge in [0.05, 0.1) is 23.1 Å². The van der Waals surface area contributed by atoms with Gasteiger partial charge in [0.1, 0.15) is 12.7 Å². The van der Waals surface area contributed by atoms with Gasteiger partial charge in [0.25, 0.3) is 0 Å². The van der Waals surface area contributed by atoms with Crippen LogP contribution in [0.1, 0.15) is 38.2 Å². The summed E-state index contributed by atoms with van der Waals surface area (Å²) in [6.45, 7) is 5.36. The number of aliphatic hydroxyl groups is 1. The molecule has 0 fully saturated rings. The van der Waals surface area contributed by atoms with Crippen molar-refractivity contribution in [3.63, 3.8) is 0 Å². The van der Waals surface area contributed by atoms with Crippen LogP contribution in [0.5, 0.6) is 0 Å². The summed E-state index contributed by atoms with van der Waals surface area (Å²) < 4.78 is 74.5. The van der Waals surface area contributed by atoms with Crippen LogP contribution in [0.3, 0.4) is 0 Å². The average Bonchev–Trinajstić information content (AvgIpc) is 3.23. The number of anilines is 1. The number of cyclic esters (lactones) is 1. The van der Waals surface area contributed by atoms with E-state index < -0.39 is 57.3 Å². The van der Waals surface area contributed by atoms with E-state index in [0.29, 0.717) is 29.0 Å². The maximum atomic E-state index is 14.4. The number of rotatable bonds is 10. The highest BCUT2D eigenvalue weighted by Crippen LogP contribution is 2.41. The lowest BCUT2D eigenvalue weighted by atomic mass is 9.80. The third-order valence-electron chi connectivity index (χ3n) is 6.51. The van der Waals surface area contributed by atoms with Gasteiger partial charge in [-0.25, -0.2) is 18.0 Å². The van der Waals surface area contributed by atoms with E-state index >= 15 is 0 Å². The van der Waals surface area contributed by atoms with E-state index in [0.717, 1.165) is 12.1 Å². The topological polar surface area (TPSA) is 142 Å². The third kappa shape index (κ3) is 5.56. The number of ether oxygens (including phenoxy) is 1. The van der Waals surface area contributed by atoms with Crippen LogP contribution in [0.2, 0.25) is 0 Å². The van der Waals surface area contributed by atoms with Crippen molar-refractivity contribution in [2.24, 2.45) is 0 Å². The summed E-state index contributed by atoms with van der Waals surface area (Å²) in [6.07, 6.45) is -6.19. The molecule has 0 saturated heterocycles. The number of halogens is 3. The molecule has 0 bridgehead atoms. The van der Waals surface area contributed by atoms with Crippen LogP contribution in [0.15, 0.2) is 48.6 Å². The Bertz CT molecular complexity index is 1450. The molecule has 1 heterocycles. The molecule has 9 nitrogen and oxygen atoms in total. The predicted octanol–water partition coefficient (Wildman–Crippen LogP) is 3.27. The molecule has 1 aliphatic rings. The average molecular weight is 569 g/mol. The second-order valence-electron chi connectivity index (χ2n) is 8.89. The quantitative estimate of drug-likeness (QED) is 0.253. The maximum Gasteiger partial charge on any atom is 0.414 e. The van der Waals surface area contributed by atoms with Gasteiger partial charge in [-0.05, 0) is 35.6 Å². The minimum Gasteiger partial charge on any atom is -0.480 e. The first-order valence-electron chi connectivity index (χ1n) is 11.5. The van der Waals surface area contributed by atoms with E-state index in [1.807, 2.05) is 0 Å². The lowest BCUT2D eigenvalue weighted by molar-refractivity contribution is -0.152. The van der Waals surface area contributed by atoms with E-state index in [2.05, 4.69) is 11.9 Å². The van der Waals surface area contributed by atoms with E-state index in [9.17, 15) is 41.4 Å².